The minimum Gasteiger partial charge on any atom is -0.480 e. The molecule has 23 heavy (non-hydrogen) atoms. The van der Waals surface area contributed by atoms with Crippen LogP contribution in [0.4, 0.5) is 0 Å². The van der Waals surface area contributed by atoms with E-state index in [0.29, 0.717) is 13.1 Å². The molecule has 1 saturated heterocycles. The zero-order valence-electron chi connectivity index (χ0n) is 14.0. The fourth-order valence-corrected chi connectivity index (χ4v) is 3.28. The van der Waals surface area contributed by atoms with Crippen molar-refractivity contribution >= 4 is 17.8 Å². The minimum absolute atomic E-state index is 0.0516. The summed E-state index contributed by atoms with van der Waals surface area (Å²) < 4.78 is 0. The minimum atomic E-state index is -0.931. The number of carbonyl (C=O) groups excluding carboxylic acids is 2. The van der Waals surface area contributed by atoms with Gasteiger partial charge in [-0.15, -0.1) is 0 Å². The molecule has 0 aromatic rings. The standard InChI is InChI=1S/C15H28N4O4/c1-4-5-11(9(2)17-10(3)20)7-19-8-12(14(21)18-16)6-13(19)15(22)23/h9,11-13H,4-8,16H2,1-3H3,(H,17,20)(H,18,21)(H,22,23)/t9?,11?,12-,13-/m1/s1. The van der Waals surface area contributed by atoms with Crippen LogP contribution in [0, 0.1) is 11.8 Å². The van der Waals surface area contributed by atoms with E-state index in [-0.39, 0.29) is 30.2 Å². The van der Waals surface area contributed by atoms with Crippen molar-refractivity contribution < 1.29 is 19.5 Å². The molecule has 1 aliphatic heterocycles. The van der Waals surface area contributed by atoms with Crippen LogP contribution in [-0.4, -0.2) is 53.0 Å². The lowest BCUT2D eigenvalue weighted by molar-refractivity contribution is -0.142. The van der Waals surface area contributed by atoms with E-state index in [1.54, 1.807) is 0 Å². The van der Waals surface area contributed by atoms with E-state index in [9.17, 15) is 19.5 Å². The SMILES string of the molecule is CCCC(CN1C[C@H](C(=O)NN)C[C@@H]1C(=O)O)C(C)NC(C)=O. The Bertz CT molecular complexity index is 443. The number of amides is 2. The maximum atomic E-state index is 11.7. The van der Waals surface area contributed by atoms with Crippen molar-refractivity contribution in [3.8, 4) is 0 Å². The van der Waals surface area contributed by atoms with Crippen LogP contribution in [0.5, 0.6) is 0 Å². The van der Waals surface area contributed by atoms with Crippen molar-refractivity contribution in [1.82, 2.24) is 15.6 Å². The number of aliphatic carboxylic acids is 1. The molecule has 5 N–H and O–H groups in total. The summed E-state index contributed by atoms with van der Waals surface area (Å²) in [6, 6.07) is -0.745. The van der Waals surface area contributed by atoms with Crippen molar-refractivity contribution in [2.45, 2.75) is 52.1 Å². The van der Waals surface area contributed by atoms with Crippen LogP contribution in [0.25, 0.3) is 0 Å². The summed E-state index contributed by atoms with van der Waals surface area (Å²) in [7, 11) is 0. The lowest BCUT2D eigenvalue weighted by atomic mass is 9.95. The predicted octanol–water partition coefficient (Wildman–Crippen LogP) is -0.308. The number of rotatable bonds is 8. The molecule has 1 fully saturated rings. The summed E-state index contributed by atoms with van der Waals surface area (Å²) in [4.78, 5) is 36.3. The van der Waals surface area contributed by atoms with E-state index in [2.05, 4.69) is 17.7 Å². The van der Waals surface area contributed by atoms with Gasteiger partial charge in [-0.2, -0.15) is 0 Å². The fourth-order valence-electron chi connectivity index (χ4n) is 3.28. The molecule has 1 aliphatic rings. The van der Waals surface area contributed by atoms with Crippen molar-refractivity contribution in [3.63, 3.8) is 0 Å². The first-order valence-corrected chi connectivity index (χ1v) is 8.04. The molecule has 0 aromatic carbocycles. The molecule has 0 aromatic heterocycles. The first kappa shape index (κ1) is 19.4. The summed E-state index contributed by atoms with van der Waals surface area (Å²) in [6.45, 7) is 6.35. The molecule has 0 spiro atoms. The number of nitrogens with two attached hydrogens (primary N) is 1. The third kappa shape index (κ3) is 5.47. The molecule has 0 saturated carbocycles. The van der Waals surface area contributed by atoms with Gasteiger partial charge < -0.3 is 10.4 Å². The normalized spacial score (nSPS) is 24.0. The first-order chi connectivity index (χ1) is 10.8. The molecule has 2 unspecified atom stereocenters. The molecule has 0 aliphatic carbocycles. The number of carboxylic acid groups (broad SMARTS) is 1. The van der Waals surface area contributed by atoms with Crippen LogP contribution in [0.1, 0.15) is 40.0 Å². The van der Waals surface area contributed by atoms with Gasteiger partial charge in [0.05, 0.1) is 5.92 Å². The number of carbonyl (C=O) groups is 3. The molecule has 2 amide bonds. The van der Waals surface area contributed by atoms with Gasteiger partial charge in [0.15, 0.2) is 0 Å². The van der Waals surface area contributed by atoms with Gasteiger partial charge in [-0.1, -0.05) is 13.3 Å². The number of likely N-dealkylation sites (tertiary alicyclic amines) is 1. The highest BCUT2D eigenvalue weighted by molar-refractivity contribution is 5.81. The summed E-state index contributed by atoms with van der Waals surface area (Å²) in [5, 5.41) is 12.3. The molecule has 4 atom stereocenters. The second-order valence-electron chi connectivity index (χ2n) is 6.29. The van der Waals surface area contributed by atoms with Gasteiger partial charge in [0, 0.05) is 26.1 Å². The lowest BCUT2D eigenvalue weighted by Crippen LogP contribution is -2.45. The highest BCUT2D eigenvalue weighted by Crippen LogP contribution is 2.26. The van der Waals surface area contributed by atoms with Crippen LogP contribution >= 0.6 is 0 Å². The number of nitrogens with one attached hydrogen (secondary N) is 2. The molecular formula is C15H28N4O4. The molecule has 132 valence electrons. The zero-order chi connectivity index (χ0) is 17.6. The summed E-state index contributed by atoms with van der Waals surface area (Å²) in [6.07, 6.45) is 2.07. The van der Waals surface area contributed by atoms with Gasteiger partial charge in [-0.25, -0.2) is 5.84 Å². The Hall–Kier alpha value is -1.67. The van der Waals surface area contributed by atoms with Crippen molar-refractivity contribution in [3.05, 3.63) is 0 Å². The van der Waals surface area contributed by atoms with Gasteiger partial charge in [-0.3, -0.25) is 24.7 Å². The van der Waals surface area contributed by atoms with E-state index < -0.39 is 17.9 Å². The molecular weight excluding hydrogens is 300 g/mol. The van der Waals surface area contributed by atoms with Gasteiger partial charge in [0.2, 0.25) is 11.8 Å². The topological polar surface area (TPSA) is 125 Å². The van der Waals surface area contributed by atoms with Crippen LogP contribution in [-0.2, 0) is 14.4 Å². The Kier molecular flexibility index (Phi) is 7.44. The summed E-state index contributed by atoms with van der Waals surface area (Å²) in [5.74, 6) is 3.51. The van der Waals surface area contributed by atoms with Crippen LogP contribution in [0.2, 0.25) is 0 Å². The number of hydrogen-bond acceptors (Lipinski definition) is 5. The number of nitrogens with zero attached hydrogens (tertiary/aromatic N) is 1. The number of carboxylic acids is 1. The first-order valence-electron chi connectivity index (χ1n) is 8.04. The summed E-state index contributed by atoms with van der Waals surface area (Å²) in [5.41, 5.74) is 2.10. The van der Waals surface area contributed by atoms with E-state index in [1.807, 2.05) is 11.8 Å². The van der Waals surface area contributed by atoms with E-state index in [1.165, 1.54) is 6.92 Å². The van der Waals surface area contributed by atoms with Gasteiger partial charge in [0.1, 0.15) is 6.04 Å². The lowest BCUT2D eigenvalue weighted by Gasteiger charge is -2.30. The maximum Gasteiger partial charge on any atom is 0.320 e. The Labute approximate surface area is 136 Å². The Morgan fingerprint density at radius 1 is 1.39 bits per heavy atom. The zero-order valence-corrected chi connectivity index (χ0v) is 14.0. The Balaban J connectivity index is 2.80. The third-order valence-corrected chi connectivity index (χ3v) is 4.47. The predicted molar refractivity (Wildman–Crippen MR) is 85.1 cm³/mol. The monoisotopic (exact) mass is 328 g/mol. The van der Waals surface area contributed by atoms with Crippen LogP contribution < -0.4 is 16.6 Å². The van der Waals surface area contributed by atoms with E-state index in [4.69, 9.17) is 5.84 Å². The van der Waals surface area contributed by atoms with Gasteiger partial charge in [0.25, 0.3) is 0 Å². The molecule has 0 radical (unpaired) electrons. The average Bonchev–Trinajstić information content (AvgIpc) is 2.89. The maximum absolute atomic E-state index is 11.7. The van der Waals surface area contributed by atoms with Gasteiger partial charge in [-0.05, 0) is 25.7 Å². The van der Waals surface area contributed by atoms with Crippen molar-refractivity contribution in [1.29, 1.82) is 0 Å². The fraction of sp³-hybridized carbons (Fsp3) is 0.800. The van der Waals surface area contributed by atoms with E-state index >= 15 is 0 Å². The Morgan fingerprint density at radius 2 is 2.04 bits per heavy atom. The van der Waals surface area contributed by atoms with Gasteiger partial charge >= 0.3 is 5.97 Å². The average molecular weight is 328 g/mol. The smallest absolute Gasteiger partial charge is 0.320 e. The molecule has 8 heteroatoms. The second kappa shape index (κ2) is 8.83. The molecule has 8 nitrogen and oxygen atoms in total. The second-order valence-corrected chi connectivity index (χ2v) is 6.29. The quantitative estimate of drug-likeness (QED) is 0.275. The van der Waals surface area contributed by atoms with Crippen LogP contribution in [0.15, 0.2) is 0 Å². The van der Waals surface area contributed by atoms with E-state index in [0.717, 1.165) is 12.8 Å². The molecule has 0 bridgehead atoms. The van der Waals surface area contributed by atoms with Crippen molar-refractivity contribution in [2.24, 2.45) is 17.7 Å². The highest BCUT2D eigenvalue weighted by Gasteiger charge is 2.41. The molecule has 1 rings (SSSR count). The van der Waals surface area contributed by atoms with Crippen LogP contribution in [0.3, 0.4) is 0 Å². The Morgan fingerprint density at radius 3 is 2.52 bits per heavy atom. The largest absolute Gasteiger partial charge is 0.480 e. The highest BCUT2D eigenvalue weighted by atomic mass is 16.4. The summed E-state index contributed by atoms with van der Waals surface area (Å²) >= 11 is 0. The third-order valence-electron chi connectivity index (χ3n) is 4.47. The number of hydrogen-bond donors (Lipinski definition) is 4. The van der Waals surface area contributed by atoms with Crippen molar-refractivity contribution in [2.75, 3.05) is 13.1 Å². The number of hydrazine groups is 1. The molecule has 1 heterocycles.